The lowest BCUT2D eigenvalue weighted by molar-refractivity contribution is 0.322. The molecule has 1 aliphatic rings. The first-order valence-electron chi connectivity index (χ1n) is 6.89. The lowest BCUT2D eigenvalue weighted by atomic mass is 10.2. The van der Waals surface area contributed by atoms with E-state index in [0.717, 1.165) is 25.6 Å². The maximum absolute atomic E-state index is 12.6. The molecule has 21 heavy (non-hydrogen) atoms. The van der Waals surface area contributed by atoms with Crippen molar-refractivity contribution in [2.24, 2.45) is 0 Å². The second kappa shape index (κ2) is 6.12. The molecule has 0 spiro atoms. The van der Waals surface area contributed by atoms with Gasteiger partial charge in [0.05, 0.1) is 0 Å². The number of aromatic amines is 2. The van der Waals surface area contributed by atoms with Crippen molar-refractivity contribution in [3.8, 4) is 0 Å². The third-order valence-electron chi connectivity index (χ3n) is 3.51. The minimum absolute atomic E-state index is 0.0871. The van der Waals surface area contributed by atoms with Crippen molar-refractivity contribution in [2.75, 3.05) is 13.1 Å². The summed E-state index contributed by atoms with van der Waals surface area (Å²) in [4.78, 5) is 26.5. The second-order valence-corrected chi connectivity index (χ2v) is 7.26. The molecule has 1 aromatic rings. The van der Waals surface area contributed by atoms with Gasteiger partial charge in [0.1, 0.15) is 0 Å². The topological polar surface area (TPSA) is 115 Å². The molecule has 0 saturated carbocycles. The molecule has 2 heterocycles. The monoisotopic (exact) mass is 316 g/mol. The van der Waals surface area contributed by atoms with Crippen molar-refractivity contribution >= 4 is 10.0 Å². The highest BCUT2D eigenvalue weighted by Gasteiger charge is 2.32. The molecule has 1 saturated heterocycles. The fourth-order valence-electron chi connectivity index (χ4n) is 2.43. The van der Waals surface area contributed by atoms with Crippen LogP contribution in [-0.2, 0) is 10.0 Å². The molecule has 1 aliphatic heterocycles. The zero-order chi connectivity index (χ0) is 15.6. The number of nitrogens with one attached hydrogen (secondary N) is 3. The summed E-state index contributed by atoms with van der Waals surface area (Å²) in [6, 6.07) is -0.201. The molecule has 0 aliphatic carbocycles. The minimum atomic E-state index is -3.96. The van der Waals surface area contributed by atoms with Crippen molar-refractivity contribution in [1.29, 1.82) is 0 Å². The van der Waals surface area contributed by atoms with Crippen LogP contribution in [0.5, 0.6) is 0 Å². The van der Waals surface area contributed by atoms with Gasteiger partial charge < -0.3 is 10.3 Å². The Bertz CT molecular complexity index is 700. The number of rotatable bonds is 5. The standard InChI is InChI=1S/C12H20N4O4S/c1-8(2)16(7-9-4-3-5-13-9)21(19,20)10-6-14-12(18)15-11(10)17/h6,8-9,13H,3-5,7H2,1-2H3,(H2,14,15,17,18). The summed E-state index contributed by atoms with van der Waals surface area (Å²) in [5.41, 5.74) is -1.63. The summed E-state index contributed by atoms with van der Waals surface area (Å²) < 4.78 is 26.6. The molecule has 1 unspecified atom stereocenters. The van der Waals surface area contributed by atoms with Crippen LogP contribution in [0.3, 0.4) is 0 Å². The van der Waals surface area contributed by atoms with Crippen LogP contribution in [-0.4, -0.2) is 47.9 Å². The Kier molecular flexibility index (Phi) is 4.64. The minimum Gasteiger partial charge on any atom is -0.313 e. The van der Waals surface area contributed by atoms with Crippen LogP contribution in [0.15, 0.2) is 20.7 Å². The van der Waals surface area contributed by atoms with E-state index in [-0.39, 0.29) is 12.1 Å². The third kappa shape index (κ3) is 3.42. The summed E-state index contributed by atoms with van der Waals surface area (Å²) in [7, 11) is -3.96. The third-order valence-corrected chi connectivity index (χ3v) is 5.56. The lowest BCUT2D eigenvalue weighted by Gasteiger charge is -2.28. The number of H-pyrrole nitrogens is 2. The van der Waals surface area contributed by atoms with E-state index in [4.69, 9.17) is 0 Å². The molecule has 1 atom stereocenters. The summed E-state index contributed by atoms with van der Waals surface area (Å²) in [6.07, 6.45) is 2.87. The van der Waals surface area contributed by atoms with E-state index in [2.05, 4.69) is 10.3 Å². The maximum atomic E-state index is 12.6. The normalized spacial score (nSPS) is 19.5. The van der Waals surface area contributed by atoms with Crippen LogP contribution >= 0.6 is 0 Å². The summed E-state index contributed by atoms with van der Waals surface area (Å²) >= 11 is 0. The Balaban J connectivity index is 2.37. The molecule has 8 nitrogen and oxygen atoms in total. The average molecular weight is 316 g/mol. The molecule has 1 fully saturated rings. The summed E-state index contributed by atoms with van der Waals surface area (Å²) in [6.45, 7) is 4.69. The van der Waals surface area contributed by atoms with E-state index >= 15 is 0 Å². The quantitative estimate of drug-likeness (QED) is 0.659. The van der Waals surface area contributed by atoms with Gasteiger partial charge in [0.2, 0.25) is 10.0 Å². The second-order valence-electron chi connectivity index (χ2n) is 5.40. The zero-order valence-corrected chi connectivity index (χ0v) is 12.9. The maximum Gasteiger partial charge on any atom is 0.325 e. The summed E-state index contributed by atoms with van der Waals surface area (Å²) in [5.74, 6) is 0. The molecule has 0 aromatic carbocycles. The Morgan fingerprint density at radius 1 is 1.38 bits per heavy atom. The molecule has 118 valence electrons. The number of sulfonamides is 1. The highest BCUT2D eigenvalue weighted by molar-refractivity contribution is 7.89. The van der Waals surface area contributed by atoms with Gasteiger partial charge in [0.25, 0.3) is 5.56 Å². The number of hydrogen-bond donors (Lipinski definition) is 3. The van der Waals surface area contributed by atoms with E-state index in [1.165, 1.54) is 4.31 Å². The molecular weight excluding hydrogens is 296 g/mol. The fourth-order valence-corrected chi connectivity index (χ4v) is 4.11. The van der Waals surface area contributed by atoms with Crippen molar-refractivity contribution < 1.29 is 8.42 Å². The SMILES string of the molecule is CC(C)N(CC1CCCN1)S(=O)(=O)c1c[nH]c(=O)[nH]c1=O. The van der Waals surface area contributed by atoms with Gasteiger partial charge in [0, 0.05) is 24.8 Å². The molecule has 9 heteroatoms. The Morgan fingerprint density at radius 2 is 2.10 bits per heavy atom. The number of hydrogen-bond acceptors (Lipinski definition) is 5. The fraction of sp³-hybridized carbons (Fsp3) is 0.667. The van der Waals surface area contributed by atoms with Crippen LogP contribution in [0.1, 0.15) is 26.7 Å². The van der Waals surface area contributed by atoms with Gasteiger partial charge in [-0.2, -0.15) is 4.31 Å². The van der Waals surface area contributed by atoms with Crippen molar-refractivity contribution in [3.05, 3.63) is 27.0 Å². The predicted octanol–water partition coefficient (Wildman–Crippen LogP) is -0.786. The van der Waals surface area contributed by atoms with Gasteiger partial charge in [-0.1, -0.05) is 0 Å². The molecule has 1 aromatic heterocycles. The zero-order valence-electron chi connectivity index (χ0n) is 12.0. The first kappa shape index (κ1) is 15.9. The molecule has 2 rings (SSSR count). The lowest BCUT2D eigenvalue weighted by Crippen LogP contribution is -2.46. The highest BCUT2D eigenvalue weighted by Crippen LogP contribution is 2.17. The summed E-state index contributed by atoms with van der Waals surface area (Å²) in [5, 5.41) is 3.24. The van der Waals surface area contributed by atoms with E-state index in [0.29, 0.717) is 6.54 Å². The molecule has 0 radical (unpaired) electrons. The Morgan fingerprint density at radius 3 is 2.62 bits per heavy atom. The van der Waals surface area contributed by atoms with E-state index in [1.807, 2.05) is 4.98 Å². The predicted molar refractivity (Wildman–Crippen MR) is 77.7 cm³/mol. The highest BCUT2D eigenvalue weighted by atomic mass is 32.2. The van der Waals surface area contributed by atoms with Crippen LogP contribution < -0.4 is 16.6 Å². The first-order valence-corrected chi connectivity index (χ1v) is 8.33. The van der Waals surface area contributed by atoms with E-state index < -0.39 is 26.2 Å². The van der Waals surface area contributed by atoms with Crippen LogP contribution in [0.25, 0.3) is 0 Å². The Labute approximate surface area is 122 Å². The molecule has 0 amide bonds. The van der Waals surface area contributed by atoms with E-state index in [1.54, 1.807) is 13.8 Å². The Hall–Kier alpha value is -1.45. The van der Waals surface area contributed by atoms with Crippen LogP contribution in [0.4, 0.5) is 0 Å². The van der Waals surface area contributed by atoms with Crippen LogP contribution in [0, 0.1) is 0 Å². The van der Waals surface area contributed by atoms with Crippen molar-refractivity contribution in [1.82, 2.24) is 19.6 Å². The van der Waals surface area contributed by atoms with Gasteiger partial charge in [-0.15, -0.1) is 0 Å². The van der Waals surface area contributed by atoms with Crippen molar-refractivity contribution in [2.45, 2.75) is 43.7 Å². The smallest absolute Gasteiger partial charge is 0.313 e. The molecular formula is C12H20N4O4S. The van der Waals surface area contributed by atoms with Gasteiger partial charge in [0.15, 0.2) is 4.90 Å². The van der Waals surface area contributed by atoms with Gasteiger partial charge in [-0.25, -0.2) is 13.2 Å². The van der Waals surface area contributed by atoms with E-state index in [9.17, 15) is 18.0 Å². The number of nitrogens with zero attached hydrogens (tertiary/aromatic N) is 1. The van der Waals surface area contributed by atoms with Crippen molar-refractivity contribution in [3.63, 3.8) is 0 Å². The number of aromatic nitrogens is 2. The first-order chi connectivity index (χ1) is 9.82. The van der Waals surface area contributed by atoms with Gasteiger partial charge >= 0.3 is 5.69 Å². The molecule has 3 N–H and O–H groups in total. The van der Waals surface area contributed by atoms with Gasteiger partial charge in [-0.3, -0.25) is 9.78 Å². The molecule has 0 bridgehead atoms. The van der Waals surface area contributed by atoms with Crippen LogP contribution in [0.2, 0.25) is 0 Å². The average Bonchev–Trinajstić information content (AvgIpc) is 2.87. The largest absolute Gasteiger partial charge is 0.325 e. The van der Waals surface area contributed by atoms with Gasteiger partial charge in [-0.05, 0) is 33.2 Å².